The zero-order valence-electron chi connectivity index (χ0n) is 12.1. The van der Waals surface area contributed by atoms with Crippen LogP contribution in [0.1, 0.15) is 19.4 Å². The van der Waals surface area contributed by atoms with Gasteiger partial charge in [0, 0.05) is 18.7 Å². The second-order valence-electron chi connectivity index (χ2n) is 5.13. The highest BCUT2D eigenvalue weighted by atomic mass is 16.5. The van der Waals surface area contributed by atoms with Crippen LogP contribution >= 0.6 is 0 Å². The third-order valence-corrected chi connectivity index (χ3v) is 3.38. The number of nitrogens with one attached hydrogen (secondary N) is 1. The summed E-state index contributed by atoms with van der Waals surface area (Å²) in [5.74, 6) is 0.397. The largest absolute Gasteiger partial charge is 0.383 e. The van der Waals surface area contributed by atoms with Gasteiger partial charge in [-0.2, -0.15) is 5.26 Å². The van der Waals surface area contributed by atoms with Crippen LogP contribution in [0.5, 0.6) is 0 Å². The molecule has 1 unspecified atom stereocenters. The van der Waals surface area contributed by atoms with Gasteiger partial charge in [0.2, 0.25) is 0 Å². The number of ether oxygens (including phenoxy) is 1. The molecule has 0 aliphatic heterocycles. The molecule has 2 rings (SSSR count). The third-order valence-electron chi connectivity index (χ3n) is 3.38. The van der Waals surface area contributed by atoms with E-state index in [2.05, 4.69) is 30.2 Å². The molecule has 1 N–H and O–H groups in total. The highest BCUT2D eigenvalue weighted by Crippen LogP contribution is 2.27. The van der Waals surface area contributed by atoms with Crippen LogP contribution in [0.4, 0.5) is 5.69 Å². The minimum Gasteiger partial charge on any atom is -0.383 e. The van der Waals surface area contributed by atoms with Crippen molar-refractivity contribution in [2.75, 3.05) is 19.0 Å². The molecule has 0 saturated heterocycles. The molecule has 1 aromatic heterocycles. The zero-order valence-corrected chi connectivity index (χ0v) is 12.1. The van der Waals surface area contributed by atoms with Crippen molar-refractivity contribution in [1.82, 2.24) is 4.98 Å². The second-order valence-corrected chi connectivity index (χ2v) is 5.13. The van der Waals surface area contributed by atoms with Crippen LogP contribution in [0.2, 0.25) is 0 Å². The highest BCUT2D eigenvalue weighted by molar-refractivity contribution is 5.93. The molecular weight excluding hydrogens is 250 g/mol. The average molecular weight is 269 g/mol. The van der Waals surface area contributed by atoms with Gasteiger partial charge in [-0.1, -0.05) is 32.0 Å². The quantitative estimate of drug-likeness (QED) is 0.905. The van der Waals surface area contributed by atoms with E-state index >= 15 is 0 Å². The molecule has 0 bridgehead atoms. The van der Waals surface area contributed by atoms with Crippen LogP contribution in [0, 0.1) is 17.2 Å². The van der Waals surface area contributed by atoms with Crippen molar-refractivity contribution in [3.63, 3.8) is 0 Å². The molecule has 104 valence electrons. The third kappa shape index (κ3) is 2.89. The first-order valence-corrected chi connectivity index (χ1v) is 6.70. The SMILES string of the molecule is COCC(Nc1c(C#N)cnc2ccccc12)C(C)C. The summed E-state index contributed by atoms with van der Waals surface area (Å²) in [6, 6.07) is 10.2. The number of anilines is 1. The van der Waals surface area contributed by atoms with Crippen LogP contribution in [0.15, 0.2) is 30.5 Å². The Hall–Kier alpha value is -2.12. The fourth-order valence-corrected chi connectivity index (χ4v) is 2.15. The Morgan fingerprint density at radius 3 is 2.75 bits per heavy atom. The first-order valence-electron chi connectivity index (χ1n) is 6.70. The monoisotopic (exact) mass is 269 g/mol. The molecule has 20 heavy (non-hydrogen) atoms. The fourth-order valence-electron chi connectivity index (χ4n) is 2.15. The number of aromatic nitrogens is 1. The number of hydrogen-bond acceptors (Lipinski definition) is 4. The molecule has 1 aromatic carbocycles. The predicted octanol–water partition coefficient (Wildman–Crippen LogP) is 3.19. The Balaban J connectivity index is 2.48. The summed E-state index contributed by atoms with van der Waals surface area (Å²) in [6.45, 7) is 4.86. The second kappa shape index (κ2) is 6.36. The number of fused-ring (bicyclic) bond motifs is 1. The minimum atomic E-state index is 0.151. The maximum absolute atomic E-state index is 9.30. The summed E-state index contributed by atoms with van der Waals surface area (Å²) >= 11 is 0. The van der Waals surface area contributed by atoms with Gasteiger partial charge in [0.25, 0.3) is 0 Å². The first kappa shape index (κ1) is 14.3. The standard InChI is InChI=1S/C16H19N3O/c1-11(2)15(10-20-3)19-16-12(8-17)9-18-14-7-5-4-6-13(14)16/h4-7,9,11,15H,10H2,1-3H3,(H,18,19). The number of hydrogen-bond donors (Lipinski definition) is 1. The van der Waals surface area contributed by atoms with Crippen LogP contribution in [-0.4, -0.2) is 24.7 Å². The van der Waals surface area contributed by atoms with Crippen molar-refractivity contribution >= 4 is 16.6 Å². The molecular formula is C16H19N3O. The summed E-state index contributed by atoms with van der Waals surface area (Å²) in [5, 5.41) is 13.7. The average Bonchev–Trinajstić information content (AvgIpc) is 2.46. The lowest BCUT2D eigenvalue weighted by Crippen LogP contribution is -2.30. The number of benzene rings is 1. The van der Waals surface area contributed by atoms with E-state index in [1.807, 2.05) is 24.3 Å². The van der Waals surface area contributed by atoms with Gasteiger partial charge in [0.15, 0.2) is 0 Å². The number of para-hydroxylation sites is 1. The van der Waals surface area contributed by atoms with Gasteiger partial charge < -0.3 is 10.1 Å². The maximum atomic E-state index is 9.30. The van der Waals surface area contributed by atoms with Gasteiger partial charge in [-0.15, -0.1) is 0 Å². The molecule has 1 heterocycles. The molecule has 2 aromatic rings. The summed E-state index contributed by atoms with van der Waals surface area (Å²) in [5.41, 5.74) is 2.29. The van der Waals surface area contributed by atoms with Crippen molar-refractivity contribution < 1.29 is 4.74 Å². The van der Waals surface area contributed by atoms with E-state index in [0.717, 1.165) is 16.6 Å². The smallest absolute Gasteiger partial charge is 0.103 e. The van der Waals surface area contributed by atoms with Crippen molar-refractivity contribution in [2.24, 2.45) is 5.92 Å². The highest BCUT2D eigenvalue weighted by Gasteiger charge is 2.17. The Bertz CT molecular complexity index is 631. The fraction of sp³-hybridized carbons (Fsp3) is 0.375. The van der Waals surface area contributed by atoms with Gasteiger partial charge >= 0.3 is 0 Å². The van der Waals surface area contributed by atoms with Gasteiger partial charge in [0.05, 0.1) is 29.4 Å². The lowest BCUT2D eigenvalue weighted by Gasteiger charge is -2.24. The summed E-state index contributed by atoms with van der Waals surface area (Å²) in [6.07, 6.45) is 1.62. The lowest BCUT2D eigenvalue weighted by atomic mass is 10.0. The molecule has 0 spiro atoms. The molecule has 0 saturated carbocycles. The minimum absolute atomic E-state index is 0.151. The molecule has 4 nitrogen and oxygen atoms in total. The van der Waals surface area contributed by atoms with E-state index in [4.69, 9.17) is 4.74 Å². The Morgan fingerprint density at radius 2 is 2.10 bits per heavy atom. The molecule has 1 atom stereocenters. The van der Waals surface area contributed by atoms with E-state index in [0.29, 0.717) is 18.1 Å². The molecule has 0 aliphatic rings. The topological polar surface area (TPSA) is 57.9 Å². The summed E-state index contributed by atoms with van der Waals surface area (Å²) in [7, 11) is 1.69. The predicted molar refractivity (Wildman–Crippen MR) is 80.6 cm³/mol. The number of nitriles is 1. The number of pyridine rings is 1. The van der Waals surface area contributed by atoms with Crippen LogP contribution in [0.3, 0.4) is 0 Å². The van der Waals surface area contributed by atoms with E-state index in [-0.39, 0.29) is 6.04 Å². The Kier molecular flexibility index (Phi) is 4.54. The summed E-state index contributed by atoms with van der Waals surface area (Å²) < 4.78 is 5.26. The van der Waals surface area contributed by atoms with E-state index in [1.54, 1.807) is 13.3 Å². The summed E-state index contributed by atoms with van der Waals surface area (Å²) in [4.78, 5) is 4.32. The van der Waals surface area contributed by atoms with Gasteiger partial charge in [-0.3, -0.25) is 4.98 Å². The number of nitrogens with zero attached hydrogens (tertiary/aromatic N) is 2. The van der Waals surface area contributed by atoms with Gasteiger partial charge in [0.1, 0.15) is 6.07 Å². The number of methoxy groups -OCH3 is 1. The molecule has 0 amide bonds. The van der Waals surface area contributed by atoms with Crippen LogP contribution in [0.25, 0.3) is 10.9 Å². The van der Waals surface area contributed by atoms with E-state index in [9.17, 15) is 5.26 Å². The molecule has 0 fully saturated rings. The zero-order chi connectivity index (χ0) is 14.5. The maximum Gasteiger partial charge on any atom is 0.103 e. The molecule has 4 heteroatoms. The van der Waals surface area contributed by atoms with Crippen molar-refractivity contribution in [3.05, 3.63) is 36.0 Å². The molecule has 0 radical (unpaired) electrons. The lowest BCUT2D eigenvalue weighted by molar-refractivity contribution is 0.171. The Labute approximate surface area is 119 Å². The van der Waals surface area contributed by atoms with Crippen molar-refractivity contribution in [1.29, 1.82) is 5.26 Å². The van der Waals surface area contributed by atoms with Crippen molar-refractivity contribution in [2.45, 2.75) is 19.9 Å². The Morgan fingerprint density at radius 1 is 1.35 bits per heavy atom. The first-order chi connectivity index (χ1) is 9.67. The van der Waals surface area contributed by atoms with E-state index in [1.165, 1.54) is 0 Å². The van der Waals surface area contributed by atoms with Gasteiger partial charge in [-0.05, 0) is 12.0 Å². The van der Waals surface area contributed by atoms with E-state index < -0.39 is 0 Å². The van der Waals surface area contributed by atoms with Crippen LogP contribution in [-0.2, 0) is 4.74 Å². The normalized spacial score (nSPS) is 12.3. The molecule has 0 aliphatic carbocycles. The number of rotatable bonds is 5. The van der Waals surface area contributed by atoms with Crippen molar-refractivity contribution in [3.8, 4) is 6.07 Å². The van der Waals surface area contributed by atoms with Gasteiger partial charge in [-0.25, -0.2) is 0 Å². The van der Waals surface area contributed by atoms with Crippen LogP contribution < -0.4 is 5.32 Å².